The minimum atomic E-state index is -1.60. The van der Waals surface area contributed by atoms with Gasteiger partial charge in [-0.05, 0) is 71.1 Å². The average Bonchev–Trinajstić information content (AvgIpc) is 3.23. The molecule has 1 saturated heterocycles. The molecule has 7 N–H and O–H groups in total. The van der Waals surface area contributed by atoms with Gasteiger partial charge in [0.05, 0.1) is 25.4 Å². The van der Waals surface area contributed by atoms with Crippen molar-refractivity contribution >= 4 is 5.91 Å². The Bertz CT molecular complexity index is 1020. The van der Waals surface area contributed by atoms with Crippen LogP contribution in [0.15, 0.2) is 23.8 Å². The van der Waals surface area contributed by atoms with Crippen LogP contribution in [0.3, 0.4) is 0 Å². The molecule has 0 aromatic heterocycles. The van der Waals surface area contributed by atoms with Gasteiger partial charge in [0.25, 0.3) is 0 Å². The van der Waals surface area contributed by atoms with E-state index in [2.05, 4.69) is 44.3 Å². The summed E-state index contributed by atoms with van der Waals surface area (Å²) < 4.78 is 11.2. The van der Waals surface area contributed by atoms with Crippen LogP contribution in [-0.4, -0.2) is 98.7 Å². The third-order valence-electron chi connectivity index (χ3n) is 12.0. The smallest absolute Gasteiger partial charge is 0.249 e. The summed E-state index contributed by atoms with van der Waals surface area (Å²) in [6.45, 7) is 5.82. The second-order valence-electron chi connectivity index (χ2n) is 17.6. The van der Waals surface area contributed by atoms with Gasteiger partial charge < -0.3 is 45.4 Å². The van der Waals surface area contributed by atoms with Gasteiger partial charge in [0.2, 0.25) is 5.91 Å². The summed E-state index contributed by atoms with van der Waals surface area (Å²) in [7, 11) is 0. The lowest BCUT2D eigenvalue weighted by Crippen LogP contribution is -2.60. The highest BCUT2D eigenvalue weighted by Gasteiger charge is 2.44. The molecule has 10 nitrogen and oxygen atoms in total. The number of allylic oxidation sites excluding steroid dienone is 4. The number of carbonyl (C=O) groups excluding carboxylic acids is 1. The predicted molar refractivity (Wildman–Crippen MR) is 241 cm³/mol. The van der Waals surface area contributed by atoms with E-state index in [0.717, 1.165) is 51.4 Å². The molecule has 1 unspecified atom stereocenters. The van der Waals surface area contributed by atoms with Crippen LogP contribution in [0.4, 0.5) is 0 Å². The standard InChI is InChI=1S/C49H93NO9/c1-4-6-8-10-12-13-14-15-16-17-18-19-20-21-22-23-24-26-28-32-37-43(53)48(57)50-41(39-58-49-47(56)46(55)45(54)44(38-51)59-49)42(52)36-33-29-31-35-40(3)34-30-27-25-11-9-7-5-2/h13-14,35,41-47,49,51-56H,4-12,15-34,36-39H2,1-3H3,(H,50,57)/b14-13-,40-35+/t41?,42-,43-,44-,45-,46+,47-,49-/m1/s1. The minimum absolute atomic E-state index is 0.267. The molecule has 1 rings (SSSR count). The van der Waals surface area contributed by atoms with Gasteiger partial charge in [-0.25, -0.2) is 0 Å². The van der Waals surface area contributed by atoms with E-state index in [1.807, 2.05) is 0 Å². The number of rotatable bonds is 40. The van der Waals surface area contributed by atoms with Gasteiger partial charge in [-0.3, -0.25) is 4.79 Å². The normalized spacial score (nSPS) is 21.6. The Hall–Kier alpha value is -1.37. The van der Waals surface area contributed by atoms with E-state index in [4.69, 9.17) is 9.47 Å². The molecule has 1 amide bonds. The Morgan fingerprint density at radius 3 is 1.66 bits per heavy atom. The topological polar surface area (TPSA) is 169 Å². The van der Waals surface area contributed by atoms with Crippen molar-refractivity contribution in [2.75, 3.05) is 13.2 Å². The molecular formula is C49H93NO9. The number of ether oxygens (including phenoxy) is 2. The number of hydrogen-bond acceptors (Lipinski definition) is 9. The van der Waals surface area contributed by atoms with E-state index in [0.29, 0.717) is 12.8 Å². The van der Waals surface area contributed by atoms with Gasteiger partial charge in [-0.2, -0.15) is 0 Å². The minimum Gasteiger partial charge on any atom is -0.394 e. The summed E-state index contributed by atoms with van der Waals surface area (Å²) in [6, 6.07) is -0.911. The lowest BCUT2D eigenvalue weighted by molar-refractivity contribution is -0.302. The van der Waals surface area contributed by atoms with Crippen molar-refractivity contribution in [2.45, 2.75) is 269 Å². The number of carbonyl (C=O) groups is 1. The van der Waals surface area contributed by atoms with Crippen molar-refractivity contribution in [2.24, 2.45) is 0 Å². The Morgan fingerprint density at radius 2 is 1.10 bits per heavy atom. The van der Waals surface area contributed by atoms with Gasteiger partial charge in [0.15, 0.2) is 6.29 Å². The van der Waals surface area contributed by atoms with Gasteiger partial charge in [0.1, 0.15) is 30.5 Å². The average molecular weight is 840 g/mol. The SMILES string of the molecule is CCCCCC/C=C\CCCCCCCCCCCCCC[C@@H](O)C(=O)NC(CO[C@@H]1O[C@H](CO)[C@@H](O)[C@H](O)[C@H]1O)[C@H](O)CCCC/C=C(\C)CCCCCCCCC. The first-order valence-electron chi connectivity index (χ1n) is 24.5. The maximum Gasteiger partial charge on any atom is 0.249 e. The summed E-state index contributed by atoms with van der Waals surface area (Å²) >= 11 is 0. The van der Waals surface area contributed by atoms with E-state index < -0.39 is 61.5 Å². The number of nitrogens with one attached hydrogen (secondary N) is 1. The van der Waals surface area contributed by atoms with Crippen molar-refractivity contribution in [1.82, 2.24) is 5.32 Å². The predicted octanol–water partition coefficient (Wildman–Crippen LogP) is 9.64. The summed E-state index contributed by atoms with van der Waals surface area (Å²) in [4.78, 5) is 13.1. The molecule has 1 heterocycles. The van der Waals surface area contributed by atoms with Gasteiger partial charge in [-0.1, -0.05) is 172 Å². The molecule has 1 aliphatic rings. The summed E-state index contributed by atoms with van der Waals surface area (Å²) in [5.41, 5.74) is 1.39. The molecule has 348 valence electrons. The van der Waals surface area contributed by atoms with E-state index in [9.17, 15) is 35.4 Å². The van der Waals surface area contributed by atoms with Crippen molar-refractivity contribution in [3.05, 3.63) is 23.8 Å². The zero-order valence-corrected chi connectivity index (χ0v) is 38.1. The fraction of sp³-hybridized carbons (Fsp3) is 0.898. The first-order chi connectivity index (χ1) is 28.7. The number of hydrogen-bond donors (Lipinski definition) is 7. The number of amides is 1. The fourth-order valence-corrected chi connectivity index (χ4v) is 7.87. The highest BCUT2D eigenvalue weighted by molar-refractivity contribution is 5.80. The molecule has 0 spiro atoms. The Balaban J connectivity index is 2.38. The van der Waals surface area contributed by atoms with Crippen LogP contribution in [0.2, 0.25) is 0 Å². The molecule has 0 saturated carbocycles. The lowest BCUT2D eigenvalue weighted by Gasteiger charge is -2.40. The highest BCUT2D eigenvalue weighted by Crippen LogP contribution is 2.23. The van der Waals surface area contributed by atoms with Crippen molar-refractivity contribution < 1.29 is 44.9 Å². The van der Waals surface area contributed by atoms with Crippen molar-refractivity contribution in [1.29, 1.82) is 0 Å². The fourth-order valence-electron chi connectivity index (χ4n) is 7.87. The monoisotopic (exact) mass is 840 g/mol. The molecule has 0 aromatic rings. The molecule has 10 heteroatoms. The molecule has 1 fully saturated rings. The molecule has 0 aromatic carbocycles. The van der Waals surface area contributed by atoms with Crippen molar-refractivity contribution in [3.63, 3.8) is 0 Å². The summed E-state index contributed by atoms with van der Waals surface area (Å²) in [5, 5.41) is 65.0. The Kier molecular flexibility index (Phi) is 36.1. The first-order valence-corrected chi connectivity index (χ1v) is 24.5. The van der Waals surface area contributed by atoms with Crippen LogP contribution in [0.25, 0.3) is 0 Å². The highest BCUT2D eigenvalue weighted by atomic mass is 16.7. The van der Waals surface area contributed by atoms with Gasteiger partial charge in [-0.15, -0.1) is 0 Å². The Morgan fingerprint density at radius 1 is 0.627 bits per heavy atom. The molecule has 1 aliphatic heterocycles. The molecule has 0 bridgehead atoms. The van der Waals surface area contributed by atoms with Gasteiger partial charge in [0, 0.05) is 0 Å². The third-order valence-corrected chi connectivity index (χ3v) is 12.0. The largest absolute Gasteiger partial charge is 0.394 e. The number of aliphatic hydroxyl groups is 6. The third kappa shape index (κ3) is 28.8. The van der Waals surface area contributed by atoms with Crippen LogP contribution in [0, 0.1) is 0 Å². The zero-order valence-electron chi connectivity index (χ0n) is 38.1. The van der Waals surface area contributed by atoms with Crippen LogP contribution in [0.1, 0.15) is 220 Å². The van der Waals surface area contributed by atoms with Crippen LogP contribution in [-0.2, 0) is 14.3 Å². The van der Waals surface area contributed by atoms with E-state index in [1.54, 1.807) is 0 Å². The van der Waals surface area contributed by atoms with Crippen LogP contribution >= 0.6 is 0 Å². The van der Waals surface area contributed by atoms with Crippen LogP contribution < -0.4 is 5.32 Å². The quantitative estimate of drug-likeness (QED) is 0.0235. The Labute approximate surface area is 361 Å². The molecule has 59 heavy (non-hydrogen) atoms. The lowest BCUT2D eigenvalue weighted by atomic mass is 9.99. The second kappa shape index (κ2) is 38.3. The molecule has 0 aliphatic carbocycles. The maximum atomic E-state index is 13.1. The van der Waals surface area contributed by atoms with E-state index >= 15 is 0 Å². The van der Waals surface area contributed by atoms with Gasteiger partial charge >= 0.3 is 0 Å². The summed E-state index contributed by atoms with van der Waals surface area (Å²) in [5.74, 6) is -0.593. The zero-order chi connectivity index (χ0) is 43.4. The first kappa shape index (κ1) is 55.6. The summed E-state index contributed by atoms with van der Waals surface area (Å²) in [6.07, 6.45) is 33.0. The molecule has 8 atom stereocenters. The number of aliphatic hydroxyl groups excluding tert-OH is 6. The number of unbranched alkanes of at least 4 members (excludes halogenated alkanes) is 24. The maximum absolute atomic E-state index is 13.1. The van der Waals surface area contributed by atoms with Crippen molar-refractivity contribution in [3.8, 4) is 0 Å². The second-order valence-corrected chi connectivity index (χ2v) is 17.6. The van der Waals surface area contributed by atoms with E-state index in [-0.39, 0.29) is 6.61 Å². The van der Waals surface area contributed by atoms with Crippen LogP contribution in [0.5, 0.6) is 0 Å². The molecule has 0 radical (unpaired) electrons. The van der Waals surface area contributed by atoms with E-state index in [1.165, 1.54) is 140 Å². The molecular weight excluding hydrogens is 747 g/mol.